The Morgan fingerprint density at radius 1 is 1.38 bits per heavy atom. The van der Waals surface area contributed by atoms with E-state index in [0.29, 0.717) is 25.1 Å². The number of ether oxygens (including phenoxy) is 2. The number of carbonyl (C=O) groups is 2. The Kier molecular flexibility index (Phi) is 6.94. The fourth-order valence-electron chi connectivity index (χ4n) is 2.77. The molecule has 1 fully saturated rings. The number of rotatable bonds is 7. The second kappa shape index (κ2) is 9.17. The highest BCUT2D eigenvalue weighted by atomic mass is 19.3. The van der Waals surface area contributed by atoms with Gasteiger partial charge in [-0.25, -0.2) is 0 Å². The first-order chi connectivity index (χ1) is 12.4. The van der Waals surface area contributed by atoms with Gasteiger partial charge < -0.3 is 20.1 Å². The van der Waals surface area contributed by atoms with E-state index in [9.17, 15) is 18.4 Å². The van der Waals surface area contributed by atoms with Crippen LogP contribution in [0.25, 0.3) is 6.08 Å². The van der Waals surface area contributed by atoms with E-state index in [4.69, 9.17) is 10.5 Å². The molecule has 0 aromatic heterocycles. The van der Waals surface area contributed by atoms with Crippen LogP contribution in [0.15, 0.2) is 24.3 Å². The molecule has 2 amide bonds. The molecule has 1 aliphatic heterocycles. The normalized spacial score (nSPS) is 17.5. The van der Waals surface area contributed by atoms with Crippen LogP contribution in [0.4, 0.5) is 8.78 Å². The van der Waals surface area contributed by atoms with E-state index in [1.807, 2.05) is 0 Å². The molecule has 2 N–H and O–H groups in total. The van der Waals surface area contributed by atoms with E-state index < -0.39 is 12.5 Å². The van der Waals surface area contributed by atoms with Crippen molar-refractivity contribution in [3.8, 4) is 11.5 Å². The highest BCUT2D eigenvalue weighted by molar-refractivity contribution is 5.92. The molecule has 6 nitrogen and oxygen atoms in total. The summed E-state index contributed by atoms with van der Waals surface area (Å²) in [5, 5.41) is 0. The number of carbonyl (C=O) groups excluding carboxylic acids is 2. The first kappa shape index (κ1) is 19.7. The number of hydrogen-bond acceptors (Lipinski definition) is 4. The lowest BCUT2D eigenvalue weighted by Gasteiger charge is -2.30. The van der Waals surface area contributed by atoms with Crippen LogP contribution in [0.1, 0.15) is 25.3 Å². The van der Waals surface area contributed by atoms with Gasteiger partial charge in [0.15, 0.2) is 11.5 Å². The van der Waals surface area contributed by atoms with Crippen molar-refractivity contribution in [3.05, 3.63) is 29.8 Å². The molecule has 1 aromatic rings. The van der Waals surface area contributed by atoms with Gasteiger partial charge >= 0.3 is 6.61 Å². The molecule has 2 rings (SSSR count). The minimum atomic E-state index is -2.95. The number of hydrogen-bond donors (Lipinski definition) is 1. The summed E-state index contributed by atoms with van der Waals surface area (Å²) in [7, 11) is 0. The number of benzene rings is 1. The van der Waals surface area contributed by atoms with Crippen LogP contribution < -0.4 is 15.2 Å². The highest BCUT2D eigenvalue weighted by Crippen LogP contribution is 2.30. The minimum Gasteiger partial charge on any atom is -0.490 e. The van der Waals surface area contributed by atoms with E-state index >= 15 is 0 Å². The van der Waals surface area contributed by atoms with E-state index in [2.05, 4.69) is 4.74 Å². The molecule has 0 spiro atoms. The van der Waals surface area contributed by atoms with Crippen molar-refractivity contribution < 1.29 is 27.8 Å². The number of amides is 2. The molecular formula is C18H22F2N2O4. The SMILES string of the molecule is CCOc1cc(C=CC(=O)N2CCCC(C(N)=O)C2)ccc1OC(F)F. The average molecular weight is 368 g/mol. The summed E-state index contributed by atoms with van der Waals surface area (Å²) in [6, 6.07) is 4.44. The second-order valence-corrected chi connectivity index (χ2v) is 5.88. The predicted octanol–water partition coefficient (Wildman–Crippen LogP) is 2.42. The highest BCUT2D eigenvalue weighted by Gasteiger charge is 2.25. The largest absolute Gasteiger partial charge is 0.490 e. The lowest BCUT2D eigenvalue weighted by molar-refractivity contribution is -0.130. The van der Waals surface area contributed by atoms with Crippen LogP contribution >= 0.6 is 0 Å². The zero-order valence-corrected chi connectivity index (χ0v) is 14.5. The van der Waals surface area contributed by atoms with Gasteiger partial charge in [-0.15, -0.1) is 0 Å². The van der Waals surface area contributed by atoms with Gasteiger partial charge in [0.2, 0.25) is 11.8 Å². The van der Waals surface area contributed by atoms with Gasteiger partial charge in [0, 0.05) is 19.2 Å². The molecule has 1 atom stereocenters. The summed E-state index contributed by atoms with van der Waals surface area (Å²) >= 11 is 0. The predicted molar refractivity (Wildman–Crippen MR) is 91.8 cm³/mol. The first-order valence-electron chi connectivity index (χ1n) is 8.38. The number of nitrogens with two attached hydrogens (primary N) is 1. The fraction of sp³-hybridized carbons (Fsp3) is 0.444. The quantitative estimate of drug-likeness (QED) is 0.750. The molecule has 0 aliphatic carbocycles. The van der Waals surface area contributed by atoms with Crippen LogP contribution in [0.3, 0.4) is 0 Å². The summed E-state index contributed by atoms with van der Waals surface area (Å²) in [4.78, 5) is 25.2. The number of piperidine rings is 1. The Labute approximate surface area is 150 Å². The molecule has 8 heteroatoms. The third-order valence-electron chi connectivity index (χ3n) is 4.04. The molecule has 1 aliphatic rings. The van der Waals surface area contributed by atoms with E-state index in [-0.39, 0.29) is 29.9 Å². The zero-order valence-electron chi connectivity index (χ0n) is 14.5. The summed E-state index contributed by atoms with van der Waals surface area (Å²) < 4.78 is 34.5. The Morgan fingerprint density at radius 2 is 2.15 bits per heavy atom. The first-order valence-corrected chi connectivity index (χ1v) is 8.38. The monoisotopic (exact) mass is 368 g/mol. The van der Waals surface area contributed by atoms with Gasteiger partial charge in [-0.3, -0.25) is 9.59 Å². The van der Waals surface area contributed by atoms with Crippen molar-refractivity contribution in [2.45, 2.75) is 26.4 Å². The van der Waals surface area contributed by atoms with Crippen molar-refractivity contribution in [2.75, 3.05) is 19.7 Å². The fourth-order valence-corrected chi connectivity index (χ4v) is 2.77. The maximum atomic E-state index is 12.4. The van der Waals surface area contributed by atoms with Crippen molar-refractivity contribution >= 4 is 17.9 Å². The van der Waals surface area contributed by atoms with Crippen LogP contribution in [0.2, 0.25) is 0 Å². The van der Waals surface area contributed by atoms with E-state index in [1.54, 1.807) is 24.0 Å². The molecule has 0 saturated carbocycles. The van der Waals surface area contributed by atoms with Crippen molar-refractivity contribution in [1.82, 2.24) is 4.90 Å². The molecule has 26 heavy (non-hydrogen) atoms. The molecule has 0 bridgehead atoms. The van der Waals surface area contributed by atoms with Crippen LogP contribution in [0.5, 0.6) is 11.5 Å². The summed E-state index contributed by atoms with van der Waals surface area (Å²) in [6.45, 7) is -0.0608. The molecule has 1 unspecified atom stereocenters. The number of halogens is 2. The van der Waals surface area contributed by atoms with Gasteiger partial charge in [-0.2, -0.15) is 8.78 Å². The summed E-state index contributed by atoms with van der Waals surface area (Å²) in [6.07, 6.45) is 4.35. The van der Waals surface area contributed by atoms with Crippen LogP contribution in [-0.4, -0.2) is 43.0 Å². The summed E-state index contributed by atoms with van der Waals surface area (Å²) in [5.74, 6) is -0.847. The molecule has 142 valence electrons. The second-order valence-electron chi connectivity index (χ2n) is 5.88. The lowest BCUT2D eigenvalue weighted by Crippen LogP contribution is -2.43. The Balaban J connectivity index is 2.07. The molecular weight excluding hydrogens is 346 g/mol. The van der Waals surface area contributed by atoms with Crippen molar-refractivity contribution in [2.24, 2.45) is 11.7 Å². The molecule has 1 aromatic carbocycles. The standard InChI is InChI=1S/C18H22F2N2O4/c1-2-25-15-10-12(5-7-14(15)26-18(19)20)6-8-16(23)22-9-3-4-13(11-22)17(21)24/h5-8,10,13,18H,2-4,9,11H2,1H3,(H2,21,24). The smallest absolute Gasteiger partial charge is 0.387 e. The third-order valence-corrected chi connectivity index (χ3v) is 4.04. The Morgan fingerprint density at radius 3 is 2.81 bits per heavy atom. The van der Waals surface area contributed by atoms with E-state index in [0.717, 1.165) is 6.42 Å². The maximum absolute atomic E-state index is 12.4. The van der Waals surface area contributed by atoms with Crippen LogP contribution in [0, 0.1) is 5.92 Å². The van der Waals surface area contributed by atoms with Gasteiger partial charge in [0.05, 0.1) is 12.5 Å². The van der Waals surface area contributed by atoms with Crippen molar-refractivity contribution in [3.63, 3.8) is 0 Å². The third kappa shape index (κ3) is 5.44. The summed E-state index contributed by atoms with van der Waals surface area (Å²) in [5.41, 5.74) is 5.92. The average Bonchev–Trinajstić information content (AvgIpc) is 2.61. The number of alkyl halides is 2. The van der Waals surface area contributed by atoms with Crippen LogP contribution in [-0.2, 0) is 9.59 Å². The molecule has 0 radical (unpaired) electrons. The number of nitrogens with zero attached hydrogens (tertiary/aromatic N) is 1. The zero-order chi connectivity index (χ0) is 19.1. The molecule has 1 heterocycles. The minimum absolute atomic E-state index is 0.0642. The number of likely N-dealkylation sites (tertiary alicyclic amines) is 1. The molecule has 1 saturated heterocycles. The van der Waals surface area contributed by atoms with Gasteiger partial charge in [-0.1, -0.05) is 6.07 Å². The topological polar surface area (TPSA) is 81.9 Å². The van der Waals surface area contributed by atoms with Gasteiger partial charge in [0.1, 0.15) is 0 Å². The Bertz CT molecular complexity index is 679. The van der Waals surface area contributed by atoms with Crippen molar-refractivity contribution in [1.29, 1.82) is 0 Å². The number of primary amides is 1. The Hall–Kier alpha value is -2.64. The van der Waals surface area contributed by atoms with Gasteiger partial charge in [-0.05, 0) is 43.5 Å². The maximum Gasteiger partial charge on any atom is 0.387 e. The lowest BCUT2D eigenvalue weighted by atomic mass is 9.97. The van der Waals surface area contributed by atoms with Gasteiger partial charge in [0.25, 0.3) is 0 Å². The van der Waals surface area contributed by atoms with E-state index in [1.165, 1.54) is 18.2 Å².